The predicted molar refractivity (Wildman–Crippen MR) is 128 cm³/mol. The molecule has 0 unspecified atom stereocenters. The topological polar surface area (TPSA) is 135 Å². The number of nitrogens with one attached hydrogen (secondary N) is 3. The van der Waals surface area contributed by atoms with Crippen LogP contribution in [-0.2, 0) is 6.54 Å². The molecule has 0 bridgehead atoms. The summed E-state index contributed by atoms with van der Waals surface area (Å²) in [7, 11) is 0. The molecule has 0 aromatic carbocycles. The van der Waals surface area contributed by atoms with Crippen LogP contribution in [0.15, 0.2) is 35.4 Å². The molecule has 1 saturated carbocycles. The molecule has 0 atom stereocenters. The van der Waals surface area contributed by atoms with Gasteiger partial charge < -0.3 is 10.3 Å². The van der Waals surface area contributed by atoms with Gasteiger partial charge >= 0.3 is 0 Å². The summed E-state index contributed by atoms with van der Waals surface area (Å²) in [6.07, 6.45) is 9.22. The standard InChI is InChI=1S/C24H26N10O/c25-13-17-15-27-34-20(28-18-5-6-18)12-19(29-24(17)34)22-23(16-4-7-21(35)26-14-16)33(31-30-22)11-10-32-8-2-1-3-9-32/h4,7,12,14-15,18H,1-3,5-6,8-11H2,(H2,26,27,28,29,31,35)/p+1. The van der Waals surface area contributed by atoms with Crippen molar-refractivity contribution in [3.8, 4) is 28.7 Å². The minimum absolute atomic E-state index is 0.160. The lowest BCUT2D eigenvalue weighted by Crippen LogP contribution is -2.44. The molecular formula is C24H27N10O+. The summed E-state index contributed by atoms with van der Waals surface area (Å²) in [5.74, 6) is 0.782. The number of hydrogen-bond donors (Lipinski definition) is 3. The SMILES string of the molecule is N#Cc1cnn2c(NC3CC3)cc(-c3n[nH][n+](CCN4CCCCC4)c3-c3ccc(=O)[nH]c3)nc12. The van der Waals surface area contributed by atoms with Gasteiger partial charge in [-0.1, -0.05) is 11.6 Å². The van der Waals surface area contributed by atoms with Crippen molar-refractivity contribution in [3.63, 3.8) is 0 Å². The second kappa shape index (κ2) is 8.96. The van der Waals surface area contributed by atoms with Crippen LogP contribution < -0.4 is 15.6 Å². The first-order valence-electron chi connectivity index (χ1n) is 12.1. The van der Waals surface area contributed by atoms with E-state index in [1.165, 1.54) is 31.5 Å². The Morgan fingerprint density at radius 2 is 2.09 bits per heavy atom. The zero-order valence-electron chi connectivity index (χ0n) is 19.4. The largest absolute Gasteiger partial charge is 0.367 e. The quantitative estimate of drug-likeness (QED) is 0.349. The number of likely N-dealkylation sites (tertiary alicyclic amines) is 1. The molecule has 178 valence electrons. The summed E-state index contributed by atoms with van der Waals surface area (Å²) in [6.45, 7) is 3.86. The molecule has 0 spiro atoms. The van der Waals surface area contributed by atoms with Gasteiger partial charge in [0.05, 0.1) is 6.20 Å². The van der Waals surface area contributed by atoms with E-state index in [1.807, 2.05) is 10.7 Å². The van der Waals surface area contributed by atoms with Crippen LogP contribution >= 0.6 is 0 Å². The summed E-state index contributed by atoms with van der Waals surface area (Å²) in [5.41, 5.74) is 3.69. The molecule has 35 heavy (non-hydrogen) atoms. The minimum Gasteiger partial charge on any atom is -0.367 e. The Hall–Kier alpha value is -4.04. The molecule has 1 aliphatic heterocycles. The molecule has 2 aliphatic rings. The molecule has 5 heterocycles. The van der Waals surface area contributed by atoms with E-state index in [1.54, 1.807) is 16.8 Å². The van der Waals surface area contributed by atoms with Gasteiger partial charge in [-0.2, -0.15) is 19.6 Å². The number of pyridine rings is 1. The maximum absolute atomic E-state index is 11.8. The molecule has 11 nitrogen and oxygen atoms in total. The van der Waals surface area contributed by atoms with Crippen molar-refractivity contribution < 1.29 is 4.68 Å². The Morgan fingerprint density at radius 3 is 2.83 bits per heavy atom. The maximum atomic E-state index is 11.8. The third kappa shape index (κ3) is 4.28. The number of H-pyrrole nitrogens is 2. The van der Waals surface area contributed by atoms with Crippen LogP contribution in [0.4, 0.5) is 5.82 Å². The van der Waals surface area contributed by atoms with E-state index in [0.29, 0.717) is 28.6 Å². The summed E-state index contributed by atoms with van der Waals surface area (Å²) in [6, 6.07) is 7.83. The van der Waals surface area contributed by atoms with Crippen LogP contribution in [-0.4, -0.2) is 60.5 Å². The number of fused-ring (bicyclic) bond motifs is 1. The van der Waals surface area contributed by atoms with Crippen molar-refractivity contribution in [2.45, 2.75) is 44.7 Å². The van der Waals surface area contributed by atoms with Gasteiger partial charge in [0, 0.05) is 41.6 Å². The number of aromatic nitrogens is 7. The van der Waals surface area contributed by atoms with E-state index in [2.05, 4.69) is 36.7 Å². The van der Waals surface area contributed by atoms with Crippen LogP contribution in [0.25, 0.3) is 28.3 Å². The molecule has 2 fully saturated rings. The zero-order valence-corrected chi connectivity index (χ0v) is 19.4. The Kier molecular flexibility index (Phi) is 5.50. The molecule has 1 aliphatic carbocycles. The van der Waals surface area contributed by atoms with Gasteiger partial charge in [0.2, 0.25) is 11.3 Å². The second-order valence-electron chi connectivity index (χ2n) is 9.26. The van der Waals surface area contributed by atoms with Gasteiger partial charge in [-0.15, -0.1) is 0 Å². The molecule has 11 heteroatoms. The predicted octanol–water partition coefficient (Wildman–Crippen LogP) is 1.69. The lowest BCUT2D eigenvalue weighted by molar-refractivity contribution is -0.743. The number of nitrogens with zero attached hydrogens (tertiary/aromatic N) is 7. The van der Waals surface area contributed by atoms with Crippen LogP contribution in [0, 0.1) is 11.3 Å². The first-order chi connectivity index (χ1) is 17.2. The van der Waals surface area contributed by atoms with Crippen LogP contribution in [0.2, 0.25) is 0 Å². The summed E-state index contributed by atoms with van der Waals surface area (Å²) in [4.78, 5) is 21.8. The van der Waals surface area contributed by atoms with Crippen molar-refractivity contribution in [1.82, 2.24) is 34.8 Å². The first kappa shape index (κ1) is 21.5. The fraction of sp³-hybridized carbons (Fsp3) is 0.417. The Bertz CT molecular complexity index is 1450. The van der Waals surface area contributed by atoms with Crippen molar-refractivity contribution in [3.05, 3.63) is 46.5 Å². The summed E-state index contributed by atoms with van der Waals surface area (Å²) < 4.78 is 3.69. The number of hydrogen-bond acceptors (Lipinski definition) is 7. The van der Waals surface area contributed by atoms with E-state index >= 15 is 0 Å². The van der Waals surface area contributed by atoms with E-state index in [4.69, 9.17) is 4.98 Å². The van der Waals surface area contributed by atoms with Crippen LogP contribution in [0.5, 0.6) is 0 Å². The highest BCUT2D eigenvalue weighted by Crippen LogP contribution is 2.31. The smallest absolute Gasteiger partial charge is 0.275 e. The van der Waals surface area contributed by atoms with E-state index in [-0.39, 0.29) is 5.56 Å². The van der Waals surface area contributed by atoms with E-state index < -0.39 is 0 Å². The third-order valence-electron chi connectivity index (χ3n) is 6.69. The Balaban J connectivity index is 1.45. The van der Waals surface area contributed by atoms with Crippen molar-refractivity contribution in [1.29, 1.82) is 5.26 Å². The maximum Gasteiger partial charge on any atom is 0.275 e. The van der Waals surface area contributed by atoms with E-state index in [9.17, 15) is 10.1 Å². The molecule has 0 amide bonds. The van der Waals surface area contributed by atoms with Gasteiger partial charge in [-0.25, -0.2) is 4.98 Å². The van der Waals surface area contributed by atoms with Crippen molar-refractivity contribution in [2.24, 2.45) is 0 Å². The number of aromatic amines is 2. The van der Waals surface area contributed by atoms with E-state index in [0.717, 1.165) is 56.1 Å². The van der Waals surface area contributed by atoms with Crippen molar-refractivity contribution in [2.75, 3.05) is 25.0 Å². The van der Waals surface area contributed by atoms with Gasteiger partial charge in [-0.3, -0.25) is 9.69 Å². The molecule has 4 aromatic heterocycles. The highest BCUT2D eigenvalue weighted by atomic mass is 16.1. The van der Waals surface area contributed by atoms with Gasteiger partial charge in [0.15, 0.2) is 5.65 Å². The van der Waals surface area contributed by atoms with Gasteiger partial charge in [-0.05, 0) is 44.8 Å². The molecule has 3 N–H and O–H groups in total. The highest BCUT2D eigenvalue weighted by Gasteiger charge is 2.29. The Labute approximate surface area is 201 Å². The van der Waals surface area contributed by atoms with Crippen LogP contribution in [0.1, 0.15) is 37.7 Å². The summed E-state index contributed by atoms with van der Waals surface area (Å²) in [5, 5.41) is 25.3. The van der Waals surface area contributed by atoms with Gasteiger partial charge in [0.1, 0.15) is 29.7 Å². The monoisotopic (exact) mass is 471 g/mol. The molecule has 0 radical (unpaired) electrons. The fourth-order valence-electron chi connectivity index (χ4n) is 4.66. The number of rotatable bonds is 7. The highest BCUT2D eigenvalue weighted by molar-refractivity contribution is 5.76. The molecule has 6 rings (SSSR count). The molecular weight excluding hydrogens is 444 g/mol. The zero-order chi connectivity index (χ0) is 23.8. The van der Waals surface area contributed by atoms with Gasteiger partial charge in [0.25, 0.3) is 5.69 Å². The first-order valence-corrected chi connectivity index (χ1v) is 12.1. The Morgan fingerprint density at radius 1 is 1.23 bits per heavy atom. The summed E-state index contributed by atoms with van der Waals surface area (Å²) >= 11 is 0. The fourth-order valence-corrected chi connectivity index (χ4v) is 4.66. The second-order valence-corrected chi connectivity index (χ2v) is 9.26. The number of anilines is 1. The molecule has 4 aromatic rings. The lowest BCUT2D eigenvalue weighted by Gasteiger charge is -2.25. The average Bonchev–Trinajstić information content (AvgIpc) is 3.44. The van der Waals surface area contributed by atoms with Crippen molar-refractivity contribution >= 4 is 11.5 Å². The molecule has 1 saturated heterocycles. The lowest BCUT2D eigenvalue weighted by atomic mass is 10.1. The number of nitriles is 1. The third-order valence-corrected chi connectivity index (χ3v) is 6.69. The average molecular weight is 472 g/mol. The minimum atomic E-state index is -0.160. The number of piperidine rings is 1. The normalized spacial score (nSPS) is 16.4. The van der Waals surface area contributed by atoms with Crippen LogP contribution in [0.3, 0.4) is 0 Å².